The van der Waals surface area contributed by atoms with E-state index in [0.29, 0.717) is 12.5 Å². The first-order valence-corrected chi connectivity index (χ1v) is 11.5. The van der Waals surface area contributed by atoms with E-state index in [1.165, 1.54) is 60.4 Å². The Balaban J connectivity index is 1.29. The number of primary sulfonamides is 1. The lowest BCUT2D eigenvalue weighted by molar-refractivity contribution is 0.502. The van der Waals surface area contributed by atoms with Gasteiger partial charge in [0.2, 0.25) is 0 Å². The van der Waals surface area contributed by atoms with Crippen LogP contribution in [0.5, 0.6) is 0 Å². The van der Waals surface area contributed by atoms with Crippen molar-refractivity contribution >= 4 is 15.7 Å². The second kappa shape index (κ2) is 7.28. The largest absolute Gasteiger partial charge is 0.398 e. The number of fused-ring (bicyclic) bond motifs is 2. The number of rotatable bonds is 7. The SMILES string of the molecule is Nc1c2c(cc3c1C(CCCCCn1ccc(S(N)(=O)=O)n1)CC3)CCC2. The predicted octanol–water partition coefficient (Wildman–Crippen LogP) is 2.89. The van der Waals surface area contributed by atoms with Crippen molar-refractivity contribution in [2.75, 3.05) is 5.73 Å². The number of aromatic nitrogens is 2. The number of benzene rings is 1. The maximum Gasteiger partial charge on any atom is 0.257 e. The van der Waals surface area contributed by atoms with Crippen LogP contribution in [0.1, 0.15) is 66.7 Å². The molecule has 2 aliphatic rings. The average molecular weight is 389 g/mol. The van der Waals surface area contributed by atoms with Gasteiger partial charge in [-0.25, -0.2) is 13.6 Å². The van der Waals surface area contributed by atoms with Crippen molar-refractivity contribution in [3.63, 3.8) is 0 Å². The molecule has 0 fully saturated rings. The minimum atomic E-state index is -3.71. The Kier molecular flexibility index (Phi) is 4.99. The molecule has 1 heterocycles. The van der Waals surface area contributed by atoms with Gasteiger partial charge in [0.05, 0.1) is 0 Å². The van der Waals surface area contributed by atoms with Gasteiger partial charge in [-0.3, -0.25) is 4.68 Å². The number of anilines is 1. The molecule has 1 atom stereocenters. The maximum absolute atomic E-state index is 11.3. The van der Waals surface area contributed by atoms with Gasteiger partial charge in [-0.2, -0.15) is 5.10 Å². The number of hydrogen-bond donors (Lipinski definition) is 2. The van der Waals surface area contributed by atoms with Crippen molar-refractivity contribution < 1.29 is 8.42 Å². The Labute approximate surface area is 161 Å². The molecule has 4 rings (SSSR count). The van der Waals surface area contributed by atoms with Crippen LogP contribution in [0.15, 0.2) is 23.4 Å². The predicted molar refractivity (Wildman–Crippen MR) is 106 cm³/mol. The number of hydrogen-bond acceptors (Lipinski definition) is 4. The van der Waals surface area contributed by atoms with E-state index in [0.717, 1.165) is 31.4 Å². The summed E-state index contributed by atoms with van der Waals surface area (Å²) in [6, 6.07) is 3.88. The molecule has 2 aliphatic carbocycles. The Bertz CT molecular complexity index is 949. The summed E-state index contributed by atoms with van der Waals surface area (Å²) in [7, 11) is -3.71. The van der Waals surface area contributed by atoms with Gasteiger partial charge in [-0.05, 0) is 79.2 Å². The standard InChI is InChI=1S/C20H28N4O2S/c21-20-17-7-4-6-15(17)13-16-9-8-14(19(16)20)5-2-1-3-11-24-12-10-18(23-24)27(22,25)26/h10,12-14H,1-9,11,21H2,(H2,22,25,26). The van der Waals surface area contributed by atoms with E-state index < -0.39 is 10.0 Å². The highest BCUT2D eigenvalue weighted by atomic mass is 32.2. The van der Waals surface area contributed by atoms with Gasteiger partial charge < -0.3 is 5.73 Å². The summed E-state index contributed by atoms with van der Waals surface area (Å²) in [5, 5.41) is 9.04. The van der Waals surface area contributed by atoms with Crippen LogP contribution in [0.4, 0.5) is 5.69 Å². The molecule has 0 amide bonds. The molecule has 1 aromatic heterocycles. The van der Waals surface area contributed by atoms with Crippen molar-refractivity contribution in [1.29, 1.82) is 0 Å². The molecule has 27 heavy (non-hydrogen) atoms. The van der Waals surface area contributed by atoms with E-state index in [4.69, 9.17) is 10.9 Å². The Morgan fingerprint density at radius 1 is 1.15 bits per heavy atom. The van der Waals surface area contributed by atoms with Crippen LogP contribution < -0.4 is 10.9 Å². The van der Waals surface area contributed by atoms with E-state index in [1.54, 1.807) is 10.9 Å². The number of aryl methyl sites for hydroxylation is 3. The van der Waals surface area contributed by atoms with Gasteiger partial charge in [0.15, 0.2) is 5.03 Å². The van der Waals surface area contributed by atoms with E-state index in [-0.39, 0.29) is 5.03 Å². The molecule has 0 saturated heterocycles. The number of nitrogens with two attached hydrogens (primary N) is 2. The third-order valence-electron chi connectivity index (χ3n) is 6.09. The fraction of sp³-hybridized carbons (Fsp3) is 0.550. The lowest BCUT2D eigenvalue weighted by Gasteiger charge is -2.17. The van der Waals surface area contributed by atoms with Crippen LogP contribution in [-0.4, -0.2) is 18.2 Å². The summed E-state index contributed by atoms with van der Waals surface area (Å²) in [4.78, 5) is 0. The van der Waals surface area contributed by atoms with Gasteiger partial charge in [0.1, 0.15) is 0 Å². The topological polar surface area (TPSA) is 104 Å². The minimum absolute atomic E-state index is 0.0620. The van der Waals surface area contributed by atoms with Crippen LogP contribution >= 0.6 is 0 Å². The molecule has 0 radical (unpaired) electrons. The van der Waals surface area contributed by atoms with Crippen LogP contribution in [0.2, 0.25) is 0 Å². The number of nitrogens with zero attached hydrogens (tertiary/aromatic N) is 2. The smallest absolute Gasteiger partial charge is 0.257 e. The van der Waals surface area contributed by atoms with Crippen molar-refractivity contribution in [3.8, 4) is 0 Å². The fourth-order valence-corrected chi connectivity index (χ4v) is 5.24. The van der Waals surface area contributed by atoms with Crippen molar-refractivity contribution in [1.82, 2.24) is 9.78 Å². The monoisotopic (exact) mass is 388 g/mol. The number of sulfonamides is 1. The molecular weight excluding hydrogens is 360 g/mol. The molecular formula is C20H28N4O2S. The zero-order valence-electron chi connectivity index (χ0n) is 15.7. The highest BCUT2D eigenvalue weighted by Gasteiger charge is 2.28. The molecule has 1 aromatic carbocycles. The molecule has 7 heteroatoms. The van der Waals surface area contributed by atoms with Gasteiger partial charge in [0, 0.05) is 18.4 Å². The van der Waals surface area contributed by atoms with Crippen LogP contribution in [0.3, 0.4) is 0 Å². The van der Waals surface area contributed by atoms with Crippen molar-refractivity contribution in [3.05, 3.63) is 40.6 Å². The lowest BCUT2D eigenvalue weighted by Crippen LogP contribution is -2.13. The zero-order valence-corrected chi connectivity index (χ0v) is 16.5. The van der Waals surface area contributed by atoms with E-state index in [2.05, 4.69) is 11.2 Å². The van der Waals surface area contributed by atoms with Gasteiger partial charge >= 0.3 is 0 Å². The highest BCUT2D eigenvalue weighted by molar-refractivity contribution is 7.89. The van der Waals surface area contributed by atoms with Gasteiger partial charge in [0.25, 0.3) is 10.0 Å². The molecule has 146 valence electrons. The first kappa shape index (κ1) is 18.5. The first-order chi connectivity index (χ1) is 12.9. The third kappa shape index (κ3) is 3.75. The maximum atomic E-state index is 11.3. The summed E-state index contributed by atoms with van der Waals surface area (Å²) in [5.41, 5.74) is 13.5. The molecule has 0 spiro atoms. The zero-order chi connectivity index (χ0) is 19.0. The molecule has 0 aliphatic heterocycles. The molecule has 0 bridgehead atoms. The molecule has 4 N–H and O–H groups in total. The quantitative estimate of drug-likeness (QED) is 0.562. The highest BCUT2D eigenvalue weighted by Crippen LogP contribution is 2.44. The average Bonchev–Trinajstić information content (AvgIpc) is 3.33. The molecule has 2 aromatic rings. The van der Waals surface area contributed by atoms with E-state index in [9.17, 15) is 8.42 Å². The summed E-state index contributed by atoms with van der Waals surface area (Å²) in [6.07, 6.45) is 12.1. The van der Waals surface area contributed by atoms with Crippen LogP contribution in [0.25, 0.3) is 0 Å². The summed E-state index contributed by atoms with van der Waals surface area (Å²) in [5.74, 6) is 0.601. The third-order valence-corrected chi connectivity index (χ3v) is 6.89. The van der Waals surface area contributed by atoms with Gasteiger partial charge in [-0.15, -0.1) is 0 Å². The molecule has 1 unspecified atom stereocenters. The molecule has 6 nitrogen and oxygen atoms in total. The summed E-state index contributed by atoms with van der Waals surface area (Å²) in [6.45, 7) is 0.715. The summed E-state index contributed by atoms with van der Waals surface area (Å²) < 4.78 is 24.2. The molecule has 0 saturated carbocycles. The number of nitrogen functional groups attached to an aromatic ring is 1. The van der Waals surface area contributed by atoms with Crippen molar-refractivity contribution in [2.24, 2.45) is 5.14 Å². The Morgan fingerprint density at radius 3 is 2.78 bits per heavy atom. The second-order valence-electron chi connectivity index (χ2n) is 7.90. The Morgan fingerprint density at radius 2 is 2.00 bits per heavy atom. The normalized spacial score (nSPS) is 18.6. The minimum Gasteiger partial charge on any atom is -0.398 e. The van der Waals surface area contributed by atoms with Gasteiger partial charge in [-0.1, -0.05) is 18.9 Å². The second-order valence-corrected chi connectivity index (χ2v) is 9.41. The van der Waals surface area contributed by atoms with Crippen molar-refractivity contribution in [2.45, 2.75) is 75.3 Å². The Hall–Kier alpha value is -1.86. The van der Waals surface area contributed by atoms with Crippen LogP contribution in [0, 0.1) is 0 Å². The first-order valence-electron chi connectivity index (χ1n) is 9.93. The summed E-state index contributed by atoms with van der Waals surface area (Å²) >= 11 is 0. The lowest BCUT2D eigenvalue weighted by atomic mass is 9.90. The number of unbranched alkanes of at least 4 members (excludes halogenated alkanes) is 2. The van der Waals surface area contributed by atoms with E-state index in [1.807, 2.05) is 0 Å². The fourth-order valence-electron chi connectivity index (χ4n) is 4.77. The van der Waals surface area contributed by atoms with Crippen LogP contribution in [-0.2, 0) is 35.8 Å². The van der Waals surface area contributed by atoms with E-state index >= 15 is 0 Å².